The number of aliphatic hydroxyl groups is 1. The lowest BCUT2D eigenvalue weighted by Gasteiger charge is -2.48. The van der Waals surface area contributed by atoms with Gasteiger partial charge in [-0.3, -0.25) is 0 Å². The maximum absolute atomic E-state index is 10.6. The van der Waals surface area contributed by atoms with E-state index < -0.39 is 0 Å². The van der Waals surface area contributed by atoms with Crippen LogP contribution in [0.5, 0.6) is 0 Å². The van der Waals surface area contributed by atoms with E-state index in [0.717, 1.165) is 25.9 Å². The Hall–Kier alpha value is -0.860. The van der Waals surface area contributed by atoms with Crippen molar-refractivity contribution in [2.45, 2.75) is 64.1 Å². The number of ether oxygens (including phenoxy) is 1. The average Bonchev–Trinajstić information content (AvgIpc) is 2.41. The fraction of sp³-hybridized carbons (Fsp3) is 0.667. The van der Waals surface area contributed by atoms with Gasteiger partial charge in [0.1, 0.15) is 0 Å². The van der Waals surface area contributed by atoms with Crippen molar-refractivity contribution in [2.75, 3.05) is 6.61 Å². The number of benzene rings is 1. The topological polar surface area (TPSA) is 29.5 Å². The Bertz CT molecular complexity index is 476. The first kappa shape index (κ1) is 14.1. The van der Waals surface area contributed by atoms with Crippen molar-refractivity contribution in [3.63, 3.8) is 0 Å². The summed E-state index contributed by atoms with van der Waals surface area (Å²) in [7, 11) is 0. The first-order valence-electron chi connectivity index (χ1n) is 7.96. The fourth-order valence-electron chi connectivity index (χ4n) is 3.73. The molecule has 0 aromatic heterocycles. The predicted molar refractivity (Wildman–Crippen MR) is 80.9 cm³/mol. The summed E-state index contributed by atoms with van der Waals surface area (Å²) >= 11 is 0. The molecule has 0 amide bonds. The molecule has 0 radical (unpaired) electrons. The zero-order chi connectivity index (χ0) is 14.2. The molecule has 2 aliphatic rings. The van der Waals surface area contributed by atoms with E-state index in [0.29, 0.717) is 5.92 Å². The third kappa shape index (κ3) is 2.77. The lowest BCUT2D eigenvalue weighted by atomic mass is 9.70. The molecule has 2 heteroatoms. The normalized spacial score (nSPS) is 26.2. The van der Waals surface area contributed by atoms with E-state index in [2.05, 4.69) is 32.0 Å². The summed E-state index contributed by atoms with van der Waals surface area (Å²) in [6.07, 6.45) is 6.30. The molecule has 1 aliphatic carbocycles. The van der Waals surface area contributed by atoms with Gasteiger partial charge in [-0.05, 0) is 69.4 Å². The van der Waals surface area contributed by atoms with Gasteiger partial charge >= 0.3 is 0 Å². The van der Waals surface area contributed by atoms with E-state index in [4.69, 9.17) is 4.74 Å². The van der Waals surface area contributed by atoms with Gasteiger partial charge in [-0.15, -0.1) is 0 Å². The van der Waals surface area contributed by atoms with Crippen LogP contribution in [0.1, 0.15) is 48.8 Å². The Morgan fingerprint density at radius 3 is 2.85 bits per heavy atom. The Morgan fingerprint density at radius 1 is 1.35 bits per heavy atom. The molecule has 1 heterocycles. The standard InChI is InChI=1S/C18H26O2/c1-13-4-5-14(2)16(10-13)11-17(19)15-6-9-20-18(12-15)7-3-8-18/h4-5,10,15,17,19H,3,6-9,11-12H2,1-2H3. The van der Waals surface area contributed by atoms with Gasteiger partial charge in [-0.25, -0.2) is 0 Å². The highest BCUT2D eigenvalue weighted by atomic mass is 16.5. The molecule has 1 N–H and O–H groups in total. The zero-order valence-electron chi connectivity index (χ0n) is 12.7. The molecule has 1 saturated carbocycles. The van der Waals surface area contributed by atoms with Crippen molar-refractivity contribution in [1.82, 2.24) is 0 Å². The first-order valence-corrected chi connectivity index (χ1v) is 7.96. The molecule has 20 heavy (non-hydrogen) atoms. The van der Waals surface area contributed by atoms with Crippen LogP contribution in [0.2, 0.25) is 0 Å². The second-order valence-corrected chi connectivity index (χ2v) is 6.84. The van der Waals surface area contributed by atoms with Crippen molar-refractivity contribution in [1.29, 1.82) is 0 Å². The third-order valence-electron chi connectivity index (χ3n) is 5.27. The predicted octanol–water partition coefficient (Wildman–Crippen LogP) is 3.56. The van der Waals surface area contributed by atoms with Gasteiger partial charge in [0, 0.05) is 6.61 Å². The summed E-state index contributed by atoms with van der Waals surface area (Å²) in [6, 6.07) is 6.52. The minimum absolute atomic E-state index is 0.131. The molecule has 2 fully saturated rings. The van der Waals surface area contributed by atoms with Crippen LogP contribution in [0.3, 0.4) is 0 Å². The molecule has 1 aromatic rings. The van der Waals surface area contributed by atoms with Crippen LogP contribution in [0.25, 0.3) is 0 Å². The average molecular weight is 274 g/mol. The van der Waals surface area contributed by atoms with Crippen molar-refractivity contribution in [3.8, 4) is 0 Å². The number of rotatable bonds is 3. The van der Waals surface area contributed by atoms with Crippen LogP contribution in [0, 0.1) is 19.8 Å². The van der Waals surface area contributed by atoms with Crippen LogP contribution < -0.4 is 0 Å². The summed E-state index contributed by atoms with van der Waals surface area (Å²) < 4.78 is 5.96. The SMILES string of the molecule is Cc1ccc(C)c(CC(O)C2CCOC3(CCC3)C2)c1. The molecule has 1 spiro atoms. The molecule has 1 aliphatic heterocycles. The van der Waals surface area contributed by atoms with E-state index in [1.54, 1.807) is 0 Å². The largest absolute Gasteiger partial charge is 0.392 e. The Labute approximate surface area is 122 Å². The van der Waals surface area contributed by atoms with Gasteiger partial charge in [-0.2, -0.15) is 0 Å². The van der Waals surface area contributed by atoms with E-state index in [-0.39, 0.29) is 11.7 Å². The van der Waals surface area contributed by atoms with E-state index in [1.165, 1.54) is 36.0 Å². The Morgan fingerprint density at radius 2 is 2.15 bits per heavy atom. The lowest BCUT2D eigenvalue weighted by Crippen LogP contribution is -2.48. The molecular formula is C18H26O2. The highest BCUT2D eigenvalue weighted by Gasteiger charge is 2.44. The van der Waals surface area contributed by atoms with E-state index in [1.807, 2.05) is 0 Å². The van der Waals surface area contributed by atoms with Gasteiger partial charge < -0.3 is 9.84 Å². The van der Waals surface area contributed by atoms with Crippen molar-refractivity contribution < 1.29 is 9.84 Å². The number of hydrogen-bond donors (Lipinski definition) is 1. The van der Waals surface area contributed by atoms with Gasteiger partial charge in [0.2, 0.25) is 0 Å². The highest BCUT2D eigenvalue weighted by Crippen LogP contribution is 2.45. The first-order chi connectivity index (χ1) is 9.58. The van der Waals surface area contributed by atoms with Crippen LogP contribution in [0.15, 0.2) is 18.2 Å². The zero-order valence-corrected chi connectivity index (χ0v) is 12.7. The van der Waals surface area contributed by atoms with E-state index >= 15 is 0 Å². The van der Waals surface area contributed by atoms with Crippen LogP contribution in [-0.2, 0) is 11.2 Å². The molecular weight excluding hydrogens is 248 g/mol. The molecule has 0 bridgehead atoms. The summed E-state index contributed by atoms with van der Waals surface area (Å²) in [4.78, 5) is 0. The van der Waals surface area contributed by atoms with Crippen molar-refractivity contribution >= 4 is 0 Å². The van der Waals surface area contributed by atoms with Crippen molar-refractivity contribution in [2.24, 2.45) is 5.92 Å². The smallest absolute Gasteiger partial charge is 0.0686 e. The second kappa shape index (κ2) is 5.50. The molecule has 1 saturated heterocycles. The Kier molecular flexibility index (Phi) is 3.87. The molecule has 2 nitrogen and oxygen atoms in total. The monoisotopic (exact) mass is 274 g/mol. The maximum atomic E-state index is 10.6. The summed E-state index contributed by atoms with van der Waals surface area (Å²) in [5.74, 6) is 0.406. The molecule has 110 valence electrons. The minimum atomic E-state index is -0.225. The number of aliphatic hydroxyl groups excluding tert-OH is 1. The summed E-state index contributed by atoms with van der Waals surface area (Å²) in [5.41, 5.74) is 4.00. The quantitative estimate of drug-likeness (QED) is 0.913. The van der Waals surface area contributed by atoms with Crippen molar-refractivity contribution in [3.05, 3.63) is 34.9 Å². The lowest BCUT2D eigenvalue weighted by molar-refractivity contribution is -0.156. The van der Waals surface area contributed by atoms with Gasteiger partial charge in [0.05, 0.1) is 11.7 Å². The summed E-state index contributed by atoms with van der Waals surface area (Å²) in [5, 5.41) is 10.6. The minimum Gasteiger partial charge on any atom is -0.392 e. The molecule has 2 unspecified atom stereocenters. The van der Waals surface area contributed by atoms with E-state index in [9.17, 15) is 5.11 Å². The fourth-order valence-corrected chi connectivity index (χ4v) is 3.73. The molecule has 1 aromatic carbocycles. The van der Waals surface area contributed by atoms with Gasteiger partial charge in [0.25, 0.3) is 0 Å². The van der Waals surface area contributed by atoms with Gasteiger partial charge in [0.15, 0.2) is 0 Å². The molecule has 3 rings (SSSR count). The number of hydrogen-bond acceptors (Lipinski definition) is 2. The maximum Gasteiger partial charge on any atom is 0.0686 e. The van der Waals surface area contributed by atoms with Crippen LogP contribution in [0.4, 0.5) is 0 Å². The number of aryl methyl sites for hydroxylation is 2. The third-order valence-corrected chi connectivity index (χ3v) is 5.27. The van der Waals surface area contributed by atoms with Crippen LogP contribution in [-0.4, -0.2) is 23.4 Å². The summed E-state index contributed by atoms with van der Waals surface area (Å²) in [6.45, 7) is 5.08. The highest BCUT2D eigenvalue weighted by molar-refractivity contribution is 5.31. The Balaban J connectivity index is 1.66. The van der Waals surface area contributed by atoms with Crippen LogP contribution >= 0.6 is 0 Å². The molecule has 2 atom stereocenters. The second-order valence-electron chi connectivity index (χ2n) is 6.84. The van der Waals surface area contributed by atoms with Gasteiger partial charge in [-0.1, -0.05) is 23.8 Å².